The Morgan fingerprint density at radius 1 is 1.38 bits per heavy atom. The van der Waals surface area contributed by atoms with Crippen molar-refractivity contribution in [2.45, 2.75) is 39.2 Å². The fraction of sp³-hybridized carbons (Fsp3) is 0.450. The molecule has 0 radical (unpaired) electrons. The first kappa shape index (κ1) is 19.7. The number of aryl methyl sites for hydroxylation is 1. The van der Waals surface area contributed by atoms with E-state index in [0.29, 0.717) is 18.4 Å². The van der Waals surface area contributed by atoms with Crippen LogP contribution in [0.5, 0.6) is 0 Å². The van der Waals surface area contributed by atoms with Crippen LogP contribution in [-0.4, -0.2) is 31.1 Å². The summed E-state index contributed by atoms with van der Waals surface area (Å²) in [6.07, 6.45) is 1.92. The maximum Gasteiger partial charge on any atom is 0.407 e. The molecule has 0 aliphatic heterocycles. The van der Waals surface area contributed by atoms with E-state index in [1.807, 2.05) is 25.1 Å². The lowest BCUT2D eigenvalue weighted by molar-refractivity contribution is -0.161. The summed E-state index contributed by atoms with van der Waals surface area (Å²) in [7, 11) is 0. The second-order valence-electron chi connectivity index (χ2n) is 6.35. The van der Waals surface area contributed by atoms with Gasteiger partial charge in [0.15, 0.2) is 11.2 Å². The molecule has 0 saturated heterocycles. The van der Waals surface area contributed by atoms with Crippen LogP contribution in [0.15, 0.2) is 36.9 Å². The van der Waals surface area contributed by atoms with Crippen LogP contribution < -0.4 is 5.32 Å². The van der Waals surface area contributed by atoms with Gasteiger partial charge in [-0.2, -0.15) is 0 Å². The number of ketones is 1. The normalized spacial score (nSPS) is 20.3. The van der Waals surface area contributed by atoms with E-state index in [1.54, 1.807) is 13.0 Å². The number of Topliss-reactive ketones (excluding diaryl/α,β-unsaturated/α-hetero) is 1. The third-order valence-corrected chi connectivity index (χ3v) is 4.57. The number of ether oxygens (including phenoxy) is 2. The van der Waals surface area contributed by atoms with Gasteiger partial charge in [-0.1, -0.05) is 42.5 Å². The van der Waals surface area contributed by atoms with Crippen molar-refractivity contribution >= 4 is 17.8 Å². The molecule has 0 spiro atoms. The van der Waals surface area contributed by atoms with Gasteiger partial charge in [-0.3, -0.25) is 9.59 Å². The number of benzene rings is 1. The SMILES string of the molecule is C=CCOC(=O)N[C@@H](c1cccc(C)c1)C1(C(=O)OCC)CCCC1=O. The van der Waals surface area contributed by atoms with Gasteiger partial charge in [-0.25, -0.2) is 4.79 Å². The van der Waals surface area contributed by atoms with Gasteiger partial charge in [-0.15, -0.1) is 0 Å². The number of alkyl carbamates (subject to hydrolysis) is 1. The van der Waals surface area contributed by atoms with Crippen LogP contribution >= 0.6 is 0 Å². The molecule has 26 heavy (non-hydrogen) atoms. The zero-order valence-corrected chi connectivity index (χ0v) is 15.2. The Hall–Kier alpha value is -2.63. The molecule has 0 heterocycles. The topological polar surface area (TPSA) is 81.7 Å². The molecule has 6 nitrogen and oxygen atoms in total. The van der Waals surface area contributed by atoms with E-state index < -0.39 is 23.5 Å². The molecule has 0 aromatic heterocycles. The second-order valence-corrected chi connectivity index (χ2v) is 6.35. The maximum absolute atomic E-state index is 12.8. The largest absolute Gasteiger partial charge is 0.465 e. The molecule has 1 aromatic rings. The fourth-order valence-corrected chi connectivity index (χ4v) is 3.42. The quantitative estimate of drug-likeness (QED) is 0.459. The average Bonchev–Trinajstić information content (AvgIpc) is 3.00. The van der Waals surface area contributed by atoms with Gasteiger partial charge in [-0.05, 0) is 32.3 Å². The standard InChI is InChI=1S/C20H25NO5/c1-4-12-26-19(24)21-17(15-9-6-8-14(3)13-15)20(18(23)25-5-2)11-7-10-16(20)22/h4,6,8-9,13,17H,1,5,7,10-12H2,2-3H3,(H,21,24)/t17-,20?/m0/s1. The molecule has 140 valence electrons. The lowest BCUT2D eigenvalue weighted by Gasteiger charge is -2.34. The number of esters is 1. The van der Waals surface area contributed by atoms with Crippen molar-refractivity contribution in [3.63, 3.8) is 0 Å². The van der Waals surface area contributed by atoms with E-state index in [0.717, 1.165) is 5.56 Å². The van der Waals surface area contributed by atoms with Crippen LogP contribution in [0.4, 0.5) is 4.79 Å². The van der Waals surface area contributed by atoms with Crippen molar-refractivity contribution in [2.75, 3.05) is 13.2 Å². The highest BCUT2D eigenvalue weighted by Gasteiger charge is 2.56. The van der Waals surface area contributed by atoms with Crippen LogP contribution in [-0.2, 0) is 19.1 Å². The molecule has 1 fully saturated rings. The van der Waals surface area contributed by atoms with E-state index in [-0.39, 0.29) is 25.4 Å². The smallest absolute Gasteiger partial charge is 0.407 e. The predicted molar refractivity (Wildman–Crippen MR) is 96.5 cm³/mol. The van der Waals surface area contributed by atoms with E-state index in [2.05, 4.69) is 11.9 Å². The van der Waals surface area contributed by atoms with Gasteiger partial charge in [0.2, 0.25) is 0 Å². The molecule has 1 amide bonds. The molecule has 2 rings (SSSR count). The van der Waals surface area contributed by atoms with Crippen molar-refractivity contribution in [1.29, 1.82) is 0 Å². The minimum Gasteiger partial charge on any atom is -0.465 e. The summed E-state index contributed by atoms with van der Waals surface area (Å²) in [6, 6.07) is 6.52. The molecule has 1 N–H and O–H groups in total. The second kappa shape index (κ2) is 8.65. The number of rotatable bonds is 7. The number of carbonyl (C=O) groups excluding carboxylic acids is 3. The van der Waals surface area contributed by atoms with Crippen LogP contribution in [0.1, 0.15) is 43.4 Å². The number of carbonyl (C=O) groups is 3. The Morgan fingerprint density at radius 2 is 2.15 bits per heavy atom. The van der Waals surface area contributed by atoms with Crippen molar-refractivity contribution in [3.05, 3.63) is 48.0 Å². The minimum absolute atomic E-state index is 0.0344. The minimum atomic E-state index is -1.43. The summed E-state index contributed by atoms with van der Waals surface area (Å²) >= 11 is 0. The van der Waals surface area contributed by atoms with Crippen LogP contribution in [0.2, 0.25) is 0 Å². The number of hydrogen-bond acceptors (Lipinski definition) is 5. The maximum atomic E-state index is 12.8. The summed E-state index contributed by atoms with van der Waals surface area (Å²) < 4.78 is 10.2. The van der Waals surface area contributed by atoms with Gasteiger partial charge >= 0.3 is 12.1 Å². The Bertz CT molecular complexity index is 699. The summed E-state index contributed by atoms with van der Waals surface area (Å²) in [4.78, 5) is 37.8. The third-order valence-electron chi connectivity index (χ3n) is 4.57. The predicted octanol–water partition coefficient (Wildman–Crippen LogP) is 3.25. The highest BCUT2D eigenvalue weighted by Crippen LogP contribution is 2.46. The van der Waals surface area contributed by atoms with E-state index in [9.17, 15) is 14.4 Å². The highest BCUT2D eigenvalue weighted by molar-refractivity contribution is 6.06. The van der Waals surface area contributed by atoms with Gasteiger partial charge in [0.25, 0.3) is 0 Å². The van der Waals surface area contributed by atoms with Crippen LogP contribution in [0.25, 0.3) is 0 Å². The molecule has 6 heteroatoms. The molecule has 1 aliphatic rings. The summed E-state index contributed by atoms with van der Waals surface area (Å²) in [5.74, 6) is -0.815. The van der Waals surface area contributed by atoms with Gasteiger partial charge < -0.3 is 14.8 Å². The molecule has 1 saturated carbocycles. The first-order valence-electron chi connectivity index (χ1n) is 8.77. The van der Waals surface area contributed by atoms with Gasteiger partial charge in [0.1, 0.15) is 6.61 Å². The Kier molecular flexibility index (Phi) is 6.55. The van der Waals surface area contributed by atoms with Crippen molar-refractivity contribution in [2.24, 2.45) is 5.41 Å². The fourth-order valence-electron chi connectivity index (χ4n) is 3.42. The van der Waals surface area contributed by atoms with E-state index in [1.165, 1.54) is 6.08 Å². The van der Waals surface area contributed by atoms with Gasteiger partial charge in [0, 0.05) is 6.42 Å². The summed E-state index contributed by atoms with van der Waals surface area (Å²) in [5, 5.41) is 2.72. The molecular weight excluding hydrogens is 334 g/mol. The first-order chi connectivity index (χ1) is 12.5. The average molecular weight is 359 g/mol. The molecular formula is C20H25NO5. The summed E-state index contributed by atoms with van der Waals surface area (Å²) in [5.41, 5.74) is 0.193. The number of hydrogen-bond donors (Lipinski definition) is 1. The first-order valence-corrected chi connectivity index (χ1v) is 8.77. The number of amides is 1. The van der Waals surface area contributed by atoms with E-state index >= 15 is 0 Å². The van der Waals surface area contributed by atoms with Crippen LogP contribution in [0, 0.1) is 12.3 Å². The molecule has 1 aliphatic carbocycles. The van der Waals surface area contributed by atoms with Crippen molar-refractivity contribution < 1.29 is 23.9 Å². The van der Waals surface area contributed by atoms with Crippen LogP contribution in [0.3, 0.4) is 0 Å². The lowest BCUT2D eigenvalue weighted by atomic mass is 9.74. The van der Waals surface area contributed by atoms with E-state index in [4.69, 9.17) is 9.47 Å². The molecule has 0 bridgehead atoms. The third kappa shape index (κ3) is 3.95. The van der Waals surface area contributed by atoms with Crippen molar-refractivity contribution in [3.8, 4) is 0 Å². The monoisotopic (exact) mass is 359 g/mol. The Labute approximate surface area is 153 Å². The zero-order chi connectivity index (χ0) is 19.2. The zero-order valence-electron chi connectivity index (χ0n) is 15.2. The van der Waals surface area contributed by atoms with Gasteiger partial charge in [0.05, 0.1) is 12.6 Å². The number of nitrogens with one attached hydrogen (secondary N) is 1. The Balaban J connectivity index is 2.48. The van der Waals surface area contributed by atoms with Crippen molar-refractivity contribution in [1.82, 2.24) is 5.32 Å². The summed E-state index contributed by atoms with van der Waals surface area (Å²) in [6.45, 7) is 7.30. The molecule has 2 atom stereocenters. The molecule has 1 aromatic carbocycles. The molecule has 1 unspecified atom stereocenters. The highest BCUT2D eigenvalue weighted by atomic mass is 16.5. The Morgan fingerprint density at radius 3 is 2.73 bits per heavy atom. The lowest BCUT2D eigenvalue weighted by Crippen LogP contribution is -2.49.